The van der Waals surface area contributed by atoms with E-state index in [2.05, 4.69) is 32.0 Å². The van der Waals surface area contributed by atoms with Gasteiger partial charge in [0.1, 0.15) is 0 Å². The Kier molecular flexibility index (Phi) is 5.87. The van der Waals surface area contributed by atoms with Gasteiger partial charge in [-0.1, -0.05) is 30.3 Å². The standard InChI is InChI=1S/C22H22N4OS2/c1-15-7-2-3-8-16(15)24-19(27)11-13-26-21(18-10-6-14-29-18)20(25-22(26)28)17-9-4-5-12-23-17/h2-10,12,14,20-21H,11,13H2,1H3,(H,24,27)(H,25,28)/t20-,21+/m0/s1. The van der Waals surface area contributed by atoms with Crippen molar-refractivity contribution < 1.29 is 4.79 Å². The van der Waals surface area contributed by atoms with Crippen molar-refractivity contribution >= 4 is 40.3 Å². The maximum Gasteiger partial charge on any atom is 0.226 e. The molecule has 2 N–H and O–H groups in total. The third-order valence-electron chi connectivity index (χ3n) is 5.03. The van der Waals surface area contributed by atoms with Gasteiger partial charge in [0.15, 0.2) is 5.11 Å². The first-order valence-corrected chi connectivity index (χ1v) is 10.8. The molecule has 0 spiro atoms. The molecule has 3 aromatic rings. The maximum atomic E-state index is 12.6. The van der Waals surface area contributed by atoms with Crippen molar-refractivity contribution in [1.29, 1.82) is 0 Å². The second kappa shape index (κ2) is 8.71. The largest absolute Gasteiger partial charge is 0.352 e. The van der Waals surface area contributed by atoms with E-state index in [4.69, 9.17) is 12.2 Å². The lowest BCUT2D eigenvalue weighted by atomic mass is 10.0. The summed E-state index contributed by atoms with van der Waals surface area (Å²) in [5.41, 5.74) is 2.84. The molecule has 29 heavy (non-hydrogen) atoms. The van der Waals surface area contributed by atoms with Crippen LogP contribution in [0.5, 0.6) is 0 Å². The number of thiocarbonyl (C=S) groups is 1. The highest BCUT2D eigenvalue weighted by Gasteiger charge is 2.40. The SMILES string of the molecule is Cc1ccccc1NC(=O)CCN1C(=S)N[C@@H](c2ccccn2)[C@H]1c1cccs1. The van der Waals surface area contributed by atoms with Crippen LogP contribution in [0.3, 0.4) is 0 Å². The Morgan fingerprint density at radius 3 is 2.76 bits per heavy atom. The van der Waals surface area contributed by atoms with Crippen LogP contribution in [0.4, 0.5) is 5.69 Å². The molecule has 1 aliphatic rings. The van der Waals surface area contributed by atoms with Crippen LogP contribution in [0.15, 0.2) is 66.2 Å². The zero-order valence-electron chi connectivity index (χ0n) is 16.0. The van der Waals surface area contributed by atoms with Crippen LogP contribution in [0.25, 0.3) is 0 Å². The second-order valence-corrected chi connectivity index (χ2v) is 8.31. The van der Waals surface area contributed by atoms with E-state index < -0.39 is 0 Å². The number of aryl methyl sites for hydroxylation is 1. The number of hydrogen-bond donors (Lipinski definition) is 2. The molecule has 1 fully saturated rings. The molecule has 1 saturated heterocycles. The number of carbonyl (C=O) groups is 1. The molecular weight excluding hydrogens is 400 g/mol. The molecule has 3 heterocycles. The van der Waals surface area contributed by atoms with Gasteiger partial charge in [-0.3, -0.25) is 9.78 Å². The molecule has 5 nitrogen and oxygen atoms in total. The van der Waals surface area contributed by atoms with E-state index >= 15 is 0 Å². The summed E-state index contributed by atoms with van der Waals surface area (Å²) in [6.45, 7) is 2.52. The highest BCUT2D eigenvalue weighted by atomic mass is 32.1. The van der Waals surface area contributed by atoms with Crippen LogP contribution in [0, 0.1) is 6.92 Å². The Balaban J connectivity index is 1.50. The molecule has 4 rings (SSSR count). The van der Waals surface area contributed by atoms with Crippen LogP contribution < -0.4 is 10.6 Å². The smallest absolute Gasteiger partial charge is 0.226 e. The molecule has 2 atom stereocenters. The average molecular weight is 423 g/mol. The zero-order valence-corrected chi connectivity index (χ0v) is 17.7. The minimum absolute atomic E-state index is 0.0173. The first-order chi connectivity index (χ1) is 14.1. The Labute approximate surface area is 179 Å². The van der Waals surface area contributed by atoms with Gasteiger partial charge < -0.3 is 15.5 Å². The molecule has 7 heteroatoms. The third kappa shape index (κ3) is 4.31. The maximum absolute atomic E-state index is 12.6. The highest BCUT2D eigenvalue weighted by Crippen LogP contribution is 2.40. The van der Waals surface area contributed by atoms with Crippen molar-refractivity contribution in [3.63, 3.8) is 0 Å². The molecular formula is C22H22N4OS2. The Bertz CT molecular complexity index is 991. The Morgan fingerprint density at radius 2 is 2.03 bits per heavy atom. The second-order valence-electron chi connectivity index (χ2n) is 6.95. The van der Waals surface area contributed by atoms with Crippen LogP contribution in [0.2, 0.25) is 0 Å². The molecule has 1 amide bonds. The summed E-state index contributed by atoms with van der Waals surface area (Å²) < 4.78 is 0. The van der Waals surface area contributed by atoms with Crippen molar-refractivity contribution in [3.8, 4) is 0 Å². The third-order valence-corrected chi connectivity index (χ3v) is 6.33. The summed E-state index contributed by atoms with van der Waals surface area (Å²) in [5.74, 6) is -0.0201. The number of pyridine rings is 1. The van der Waals surface area contributed by atoms with E-state index in [1.165, 1.54) is 4.88 Å². The number of anilines is 1. The quantitative estimate of drug-likeness (QED) is 0.575. The highest BCUT2D eigenvalue weighted by molar-refractivity contribution is 7.80. The Morgan fingerprint density at radius 1 is 1.21 bits per heavy atom. The number of rotatable bonds is 6. The summed E-state index contributed by atoms with van der Waals surface area (Å²) in [6.07, 6.45) is 2.15. The van der Waals surface area contributed by atoms with Gasteiger partial charge in [0.2, 0.25) is 5.91 Å². The molecule has 0 saturated carbocycles. The molecule has 148 valence electrons. The van der Waals surface area contributed by atoms with Gasteiger partial charge in [-0.05, 0) is 54.4 Å². The van der Waals surface area contributed by atoms with E-state index in [0.717, 1.165) is 16.9 Å². The lowest BCUT2D eigenvalue weighted by molar-refractivity contribution is -0.116. The van der Waals surface area contributed by atoms with Crippen LogP contribution >= 0.6 is 23.6 Å². The number of amides is 1. The van der Waals surface area contributed by atoms with Gasteiger partial charge in [0.05, 0.1) is 17.8 Å². The molecule has 1 aromatic carbocycles. The molecule has 0 radical (unpaired) electrons. The number of para-hydroxylation sites is 1. The lowest BCUT2D eigenvalue weighted by Gasteiger charge is -2.26. The minimum Gasteiger partial charge on any atom is -0.352 e. The van der Waals surface area contributed by atoms with Crippen LogP contribution in [-0.2, 0) is 4.79 Å². The van der Waals surface area contributed by atoms with E-state index in [-0.39, 0.29) is 18.0 Å². The minimum atomic E-state index is -0.0400. The number of aromatic nitrogens is 1. The fraction of sp³-hybridized carbons (Fsp3) is 0.227. The van der Waals surface area contributed by atoms with Gasteiger partial charge in [-0.25, -0.2) is 0 Å². The van der Waals surface area contributed by atoms with E-state index in [0.29, 0.717) is 18.1 Å². The normalized spacial score (nSPS) is 18.5. The molecule has 0 bridgehead atoms. The molecule has 0 unspecified atom stereocenters. The van der Waals surface area contributed by atoms with Crippen molar-refractivity contribution in [2.75, 3.05) is 11.9 Å². The number of hydrogen-bond acceptors (Lipinski definition) is 4. The van der Waals surface area contributed by atoms with Crippen molar-refractivity contribution in [1.82, 2.24) is 15.2 Å². The van der Waals surface area contributed by atoms with Crippen molar-refractivity contribution in [3.05, 3.63) is 82.3 Å². The zero-order chi connectivity index (χ0) is 20.2. The van der Waals surface area contributed by atoms with E-state index in [1.807, 2.05) is 55.5 Å². The first-order valence-electron chi connectivity index (χ1n) is 9.50. The molecule has 0 aliphatic carbocycles. The lowest BCUT2D eigenvalue weighted by Crippen LogP contribution is -2.32. The predicted molar refractivity (Wildman–Crippen MR) is 121 cm³/mol. The topological polar surface area (TPSA) is 57.3 Å². The van der Waals surface area contributed by atoms with Crippen molar-refractivity contribution in [2.24, 2.45) is 0 Å². The van der Waals surface area contributed by atoms with E-state index in [9.17, 15) is 4.79 Å². The summed E-state index contributed by atoms with van der Waals surface area (Å²) in [6, 6.07) is 17.8. The summed E-state index contributed by atoms with van der Waals surface area (Å²) in [4.78, 5) is 20.4. The number of benzene rings is 1. The van der Waals surface area contributed by atoms with Gasteiger partial charge in [-0.2, -0.15) is 0 Å². The van der Waals surface area contributed by atoms with Crippen molar-refractivity contribution in [2.45, 2.75) is 25.4 Å². The number of thiophene rings is 1. The predicted octanol–water partition coefficient (Wildman–Crippen LogP) is 4.45. The summed E-state index contributed by atoms with van der Waals surface area (Å²) >= 11 is 7.32. The number of nitrogens with zero attached hydrogens (tertiary/aromatic N) is 2. The Hall–Kier alpha value is -2.77. The number of nitrogens with one attached hydrogen (secondary N) is 2. The molecule has 2 aromatic heterocycles. The van der Waals surface area contributed by atoms with Gasteiger partial charge in [-0.15, -0.1) is 11.3 Å². The first kappa shape index (κ1) is 19.5. The van der Waals surface area contributed by atoms with Gasteiger partial charge in [0, 0.05) is 29.7 Å². The fourth-order valence-electron chi connectivity index (χ4n) is 3.56. The fourth-order valence-corrected chi connectivity index (χ4v) is 4.77. The summed E-state index contributed by atoms with van der Waals surface area (Å²) in [7, 11) is 0. The van der Waals surface area contributed by atoms with Gasteiger partial charge in [0.25, 0.3) is 0 Å². The number of carbonyl (C=O) groups excluding carboxylic acids is 1. The average Bonchev–Trinajstić information content (AvgIpc) is 3.36. The van der Waals surface area contributed by atoms with Gasteiger partial charge >= 0.3 is 0 Å². The monoisotopic (exact) mass is 422 g/mol. The van der Waals surface area contributed by atoms with Crippen LogP contribution in [0.1, 0.15) is 34.6 Å². The van der Waals surface area contributed by atoms with E-state index in [1.54, 1.807) is 17.5 Å². The molecule has 1 aliphatic heterocycles. The van der Waals surface area contributed by atoms with Crippen LogP contribution in [-0.4, -0.2) is 27.4 Å². The summed E-state index contributed by atoms with van der Waals surface area (Å²) in [5, 5.41) is 9.13.